The van der Waals surface area contributed by atoms with E-state index < -0.39 is 8.07 Å². The van der Waals surface area contributed by atoms with E-state index in [1.54, 1.807) is 0 Å². The van der Waals surface area contributed by atoms with Crippen molar-refractivity contribution in [3.8, 4) is 56.0 Å². The molecule has 0 fully saturated rings. The summed E-state index contributed by atoms with van der Waals surface area (Å²) >= 11 is 2.38. The van der Waals surface area contributed by atoms with Crippen molar-refractivity contribution in [3.63, 3.8) is 0 Å². The van der Waals surface area contributed by atoms with Crippen molar-refractivity contribution in [3.05, 3.63) is 162 Å². The van der Waals surface area contributed by atoms with Crippen molar-refractivity contribution in [2.24, 2.45) is 0 Å². The zero-order valence-corrected chi connectivity index (χ0v) is 43.2. The monoisotopic (exact) mass is 984 g/mol. The number of benzene rings is 4. The van der Waals surface area contributed by atoms with Crippen LogP contribution in [0.25, 0.3) is 90.9 Å². The Morgan fingerprint density at radius 1 is 0.452 bits per heavy atom. The third kappa shape index (κ3) is 8.41. The fourth-order valence-corrected chi connectivity index (χ4v) is 9.96. The number of fused-ring (bicyclic) bond motifs is 8. The van der Waals surface area contributed by atoms with Gasteiger partial charge in [0.25, 0.3) is 0 Å². The summed E-state index contributed by atoms with van der Waals surface area (Å²) < 4.78 is 1.18. The fraction of sp³-hybridized carbons (Fsp3) is 0.164. The van der Waals surface area contributed by atoms with Crippen LogP contribution < -0.4 is 0 Å². The van der Waals surface area contributed by atoms with E-state index >= 15 is 0 Å². The number of aromatic nitrogens is 4. The van der Waals surface area contributed by atoms with Gasteiger partial charge in [0.1, 0.15) is 8.07 Å². The molecule has 0 atom stereocenters. The van der Waals surface area contributed by atoms with Crippen LogP contribution in [0, 0.1) is 56.6 Å². The van der Waals surface area contributed by atoms with E-state index in [1.807, 2.05) is 0 Å². The second kappa shape index (κ2) is 17.1. The molecule has 0 saturated heterocycles. The number of halogens is 1. The van der Waals surface area contributed by atoms with Crippen LogP contribution in [0.5, 0.6) is 0 Å². The quantitative estimate of drug-likeness (QED) is 0.105. The van der Waals surface area contributed by atoms with E-state index in [2.05, 4.69) is 227 Å². The summed E-state index contributed by atoms with van der Waals surface area (Å²) in [6.45, 7) is 20.0. The number of aromatic amines is 2. The first-order valence-electron chi connectivity index (χ1n) is 20.9. The maximum absolute atomic E-state index is 5.57. The molecule has 0 radical (unpaired) electrons. The number of H-pyrrole nitrogens is 2. The zero-order chi connectivity index (χ0) is 42.7. The summed E-state index contributed by atoms with van der Waals surface area (Å²) in [5.41, 5.74) is 28.3. The minimum Gasteiger partial charge on any atom is -0.354 e. The second-order valence-corrected chi connectivity index (χ2v) is 23.6. The Morgan fingerprint density at radius 2 is 0.790 bits per heavy atom. The van der Waals surface area contributed by atoms with Crippen LogP contribution in [-0.2, 0) is 19.5 Å². The third-order valence-electron chi connectivity index (χ3n) is 11.5. The van der Waals surface area contributed by atoms with Crippen LogP contribution in [0.3, 0.4) is 0 Å². The van der Waals surface area contributed by atoms with Gasteiger partial charge in [-0.25, -0.2) is 9.97 Å². The van der Waals surface area contributed by atoms with Crippen molar-refractivity contribution < 1.29 is 19.5 Å². The first kappa shape index (κ1) is 43.3. The molecular weight excluding hydrogens is 937 g/mol. The van der Waals surface area contributed by atoms with Crippen molar-refractivity contribution in [2.45, 2.75) is 61.2 Å². The molecule has 0 spiro atoms. The maximum atomic E-state index is 5.57. The van der Waals surface area contributed by atoms with Crippen molar-refractivity contribution in [1.29, 1.82) is 0 Å². The van der Waals surface area contributed by atoms with Gasteiger partial charge in [0.15, 0.2) is 0 Å². The van der Waals surface area contributed by atoms with Gasteiger partial charge < -0.3 is 9.97 Å². The minimum atomic E-state index is -1.54. The van der Waals surface area contributed by atoms with E-state index in [0.29, 0.717) is 0 Å². The topological polar surface area (TPSA) is 57.4 Å². The molecule has 302 valence electrons. The van der Waals surface area contributed by atoms with Crippen LogP contribution in [0.4, 0.5) is 0 Å². The van der Waals surface area contributed by atoms with E-state index in [1.165, 1.54) is 48.1 Å². The van der Waals surface area contributed by atoms with Gasteiger partial charge in [-0.1, -0.05) is 85.2 Å². The molecule has 0 aliphatic carbocycles. The van der Waals surface area contributed by atoms with Gasteiger partial charge in [0.2, 0.25) is 0 Å². The van der Waals surface area contributed by atoms with Crippen LogP contribution in [-0.4, -0.2) is 28.0 Å². The molecule has 3 aromatic heterocycles. The standard InChI is InChI=1S/C55H49IN4Si.Zn/c1-32-28-34(3)50(35(4)29-32)54-46-22-18-42(57-46)52(39-12-10-38(11-13-39)26-27-61(7,8)9)43-19-23-47(58-43)55(51-36(5)30-33(2)31-37(51)6)49-25-21-45(60-49)53(44-20-24-48(54)59-44)40-14-16-41(56)17-15-40;/h10-25,28-31,57,60H,1-9H3;. The van der Waals surface area contributed by atoms with Crippen LogP contribution >= 0.6 is 22.6 Å². The number of hydrogen-bond donors (Lipinski definition) is 2. The number of nitrogens with one attached hydrogen (secondary N) is 2. The largest absolute Gasteiger partial charge is 0.354 e. The van der Waals surface area contributed by atoms with E-state index in [-0.39, 0.29) is 19.5 Å². The molecule has 62 heavy (non-hydrogen) atoms. The SMILES string of the molecule is Cc1cc(C)c(-c2c3nc(c(-c4ccc(C#C[Si](C)(C)C)cc4)c4ccc([nH]4)c(-c4c(C)cc(C)cc4C)c4nc(c(-c5ccc(I)cc5)c5ccc2[nH]5)C=C4)C=C3)c(C)c1.[Zn]. The molecule has 9 rings (SSSR count). The predicted molar refractivity (Wildman–Crippen MR) is 272 cm³/mol. The molecule has 7 heteroatoms. The average molecular weight is 986 g/mol. The van der Waals surface area contributed by atoms with Gasteiger partial charge in [-0.2, -0.15) is 0 Å². The van der Waals surface area contributed by atoms with Crippen LogP contribution in [0.2, 0.25) is 19.6 Å². The Kier molecular flexibility index (Phi) is 11.9. The van der Waals surface area contributed by atoms with Gasteiger partial charge in [-0.05, 0) is 181 Å². The van der Waals surface area contributed by atoms with Crippen molar-refractivity contribution in [1.82, 2.24) is 19.9 Å². The molecule has 0 saturated carbocycles. The predicted octanol–water partition coefficient (Wildman–Crippen LogP) is 15.0. The molecule has 4 aromatic carbocycles. The number of nitrogens with zero attached hydrogens (tertiary/aromatic N) is 2. The Balaban J connectivity index is 0.00000529. The molecular formula is C55H49IN4SiZn. The smallest absolute Gasteiger partial charge is 0.129 e. The fourth-order valence-electron chi connectivity index (χ4n) is 9.08. The van der Waals surface area contributed by atoms with Gasteiger partial charge in [0, 0.05) is 72.9 Å². The number of aryl methyl sites for hydroxylation is 6. The first-order chi connectivity index (χ1) is 29.2. The Morgan fingerprint density at radius 3 is 1.16 bits per heavy atom. The molecule has 2 N–H and O–H groups in total. The molecule has 7 aromatic rings. The van der Waals surface area contributed by atoms with Gasteiger partial charge in [0.05, 0.1) is 22.8 Å². The Hall–Kier alpha value is -5.39. The molecule has 2 aliphatic heterocycles. The molecule has 2 aliphatic rings. The number of hydrogen-bond acceptors (Lipinski definition) is 2. The normalized spacial score (nSPS) is 12.0. The van der Waals surface area contributed by atoms with Crippen LogP contribution in [0.1, 0.15) is 61.7 Å². The Bertz CT molecular complexity index is 3140. The summed E-state index contributed by atoms with van der Waals surface area (Å²) in [7, 11) is -1.54. The van der Waals surface area contributed by atoms with Crippen molar-refractivity contribution in [2.75, 3.05) is 0 Å². The minimum absolute atomic E-state index is 0. The maximum Gasteiger partial charge on any atom is 0.129 e. The van der Waals surface area contributed by atoms with E-state index in [9.17, 15) is 0 Å². The van der Waals surface area contributed by atoms with Crippen LogP contribution in [0.15, 0.2) is 97.1 Å². The summed E-state index contributed by atoms with van der Waals surface area (Å²) in [6, 6.07) is 35.4. The summed E-state index contributed by atoms with van der Waals surface area (Å²) in [6.07, 6.45) is 8.73. The summed E-state index contributed by atoms with van der Waals surface area (Å²) in [5, 5.41) is 0. The molecule has 5 heterocycles. The van der Waals surface area contributed by atoms with Gasteiger partial charge in [-0.3, -0.25) is 0 Å². The molecule has 8 bridgehead atoms. The van der Waals surface area contributed by atoms with Crippen molar-refractivity contribution >= 4 is 77.0 Å². The van der Waals surface area contributed by atoms with Gasteiger partial charge in [-0.15, -0.1) is 5.54 Å². The first-order valence-corrected chi connectivity index (χ1v) is 25.5. The summed E-state index contributed by atoms with van der Waals surface area (Å²) in [5.74, 6) is 3.45. The zero-order valence-electron chi connectivity index (χ0n) is 37.0. The molecule has 0 amide bonds. The van der Waals surface area contributed by atoms with Gasteiger partial charge >= 0.3 is 0 Å². The summed E-state index contributed by atoms with van der Waals surface area (Å²) in [4.78, 5) is 19.0. The molecule has 0 unspecified atom stereocenters. The molecule has 4 nitrogen and oxygen atoms in total. The van der Waals surface area contributed by atoms with E-state index in [4.69, 9.17) is 9.97 Å². The third-order valence-corrected chi connectivity index (χ3v) is 13.1. The van der Waals surface area contributed by atoms with E-state index in [0.717, 1.165) is 83.8 Å². The number of rotatable bonds is 4. The average Bonchev–Trinajstić information content (AvgIpc) is 4.04. The Labute approximate surface area is 393 Å². The second-order valence-electron chi connectivity index (χ2n) is 17.6.